The molecule has 1 N–H and O–H groups in total. The Bertz CT molecular complexity index is 1080. The summed E-state index contributed by atoms with van der Waals surface area (Å²) in [7, 11) is 2.92. The van der Waals surface area contributed by atoms with Crippen LogP contribution in [-0.2, 0) is 20.7 Å². The summed E-state index contributed by atoms with van der Waals surface area (Å²) in [6.45, 7) is 0. The summed E-state index contributed by atoms with van der Waals surface area (Å²) in [4.78, 5) is 30.6. The van der Waals surface area contributed by atoms with Crippen LogP contribution >= 0.6 is 11.6 Å². The van der Waals surface area contributed by atoms with Gasteiger partial charge in [-0.15, -0.1) is 11.6 Å². The van der Waals surface area contributed by atoms with Gasteiger partial charge in [0.2, 0.25) is 5.91 Å². The molecule has 150 valence electrons. The molecule has 3 aromatic rings. The minimum atomic E-state index is -0.769. The van der Waals surface area contributed by atoms with Crippen molar-refractivity contribution in [1.29, 1.82) is 0 Å². The first kappa shape index (κ1) is 19.3. The van der Waals surface area contributed by atoms with Gasteiger partial charge in [-0.2, -0.15) is 0 Å². The molecule has 2 heterocycles. The summed E-state index contributed by atoms with van der Waals surface area (Å²) in [5.41, 5.74) is 3.65. The van der Waals surface area contributed by atoms with Gasteiger partial charge >= 0.3 is 5.97 Å². The Labute approximate surface area is 173 Å². The maximum atomic E-state index is 12.9. The molecule has 1 amide bonds. The quantitative estimate of drug-likeness (QED) is 0.526. The van der Waals surface area contributed by atoms with E-state index in [4.69, 9.17) is 21.1 Å². The first-order chi connectivity index (χ1) is 14.1. The van der Waals surface area contributed by atoms with Crippen LogP contribution in [0.4, 0.5) is 0 Å². The zero-order valence-corrected chi connectivity index (χ0v) is 16.9. The molecule has 6 nitrogen and oxygen atoms in total. The first-order valence-corrected chi connectivity index (χ1v) is 9.80. The highest BCUT2D eigenvalue weighted by molar-refractivity contribution is 6.27. The number of ether oxygens (including phenoxy) is 2. The zero-order valence-electron chi connectivity index (χ0n) is 16.1. The van der Waals surface area contributed by atoms with Crippen LogP contribution in [0.15, 0.2) is 48.5 Å². The molecular formula is C22H21ClN2O4. The number of esters is 1. The lowest BCUT2D eigenvalue weighted by molar-refractivity contribution is -0.154. The van der Waals surface area contributed by atoms with Crippen molar-refractivity contribution < 1.29 is 19.1 Å². The molecule has 0 saturated heterocycles. The smallest absolute Gasteiger partial charge is 0.328 e. The average Bonchev–Trinajstić information content (AvgIpc) is 3.15. The van der Waals surface area contributed by atoms with Gasteiger partial charge < -0.3 is 19.4 Å². The number of nitrogens with one attached hydrogen (secondary N) is 1. The van der Waals surface area contributed by atoms with Gasteiger partial charge in [0.05, 0.1) is 20.3 Å². The van der Waals surface area contributed by atoms with E-state index in [0.717, 1.165) is 27.7 Å². The number of nitrogens with zero attached hydrogens (tertiary/aromatic N) is 1. The SMILES string of the molecule is COC(=O)[C@@H]1Cc2c([nH]c3ccccc23)[C@H](c2cccc(OC)c2)N1C(=O)CCl. The van der Waals surface area contributed by atoms with Crippen molar-refractivity contribution in [2.75, 3.05) is 20.1 Å². The van der Waals surface area contributed by atoms with E-state index < -0.39 is 18.1 Å². The number of halogens is 1. The van der Waals surface area contributed by atoms with Gasteiger partial charge in [-0.3, -0.25) is 4.79 Å². The normalized spacial score (nSPS) is 18.4. The number of alkyl halides is 1. The van der Waals surface area contributed by atoms with Gasteiger partial charge in [0.1, 0.15) is 17.7 Å². The number of methoxy groups -OCH3 is 2. The Morgan fingerprint density at radius 2 is 1.97 bits per heavy atom. The lowest BCUT2D eigenvalue weighted by Gasteiger charge is -2.40. The van der Waals surface area contributed by atoms with Gasteiger partial charge in [0.25, 0.3) is 0 Å². The van der Waals surface area contributed by atoms with E-state index in [0.29, 0.717) is 12.2 Å². The Morgan fingerprint density at radius 3 is 2.69 bits per heavy atom. The molecule has 0 spiro atoms. The van der Waals surface area contributed by atoms with Crippen molar-refractivity contribution in [1.82, 2.24) is 9.88 Å². The van der Waals surface area contributed by atoms with E-state index in [9.17, 15) is 9.59 Å². The minimum absolute atomic E-state index is 0.233. The summed E-state index contributed by atoms with van der Waals surface area (Å²) in [5.74, 6) is -0.367. The van der Waals surface area contributed by atoms with Crippen LogP contribution in [0.3, 0.4) is 0 Å². The first-order valence-electron chi connectivity index (χ1n) is 9.27. The molecular weight excluding hydrogens is 392 g/mol. The lowest BCUT2D eigenvalue weighted by atomic mass is 9.88. The molecule has 1 aromatic heterocycles. The predicted octanol–water partition coefficient (Wildman–Crippen LogP) is 3.43. The summed E-state index contributed by atoms with van der Waals surface area (Å²) in [5, 5.41) is 1.03. The third kappa shape index (κ3) is 3.23. The molecule has 7 heteroatoms. The van der Waals surface area contributed by atoms with E-state index in [1.807, 2.05) is 48.5 Å². The average molecular weight is 413 g/mol. The van der Waals surface area contributed by atoms with E-state index in [1.165, 1.54) is 12.0 Å². The number of fused-ring (bicyclic) bond motifs is 3. The van der Waals surface area contributed by atoms with E-state index >= 15 is 0 Å². The second kappa shape index (κ2) is 7.79. The molecule has 0 bridgehead atoms. The van der Waals surface area contributed by atoms with E-state index in [-0.39, 0.29) is 11.8 Å². The molecule has 1 aliphatic rings. The summed E-state index contributed by atoms with van der Waals surface area (Å²) in [6, 6.07) is 14.1. The molecule has 4 rings (SSSR count). The number of aromatic amines is 1. The van der Waals surface area contributed by atoms with Crippen LogP contribution in [0.2, 0.25) is 0 Å². The molecule has 1 aliphatic heterocycles. The number of carbonyl (C=O) groups excluding carboxylic acids is 2. The Hall–Kier alpha value is -2.99. The largest absolute Gasteiger partial charge is 0.497 e. The van der Waals surface area contributed by atoms with Crippen LogP contribution in [0.25, 0.3) is 10.9 Å². The molecule has 0 saturated carbocycles. The molecule has 0 fully saturated rings. The lowest BCUT2D eigenvalue weighted by Crippen LogP contribution is -2.52. The number of hydrogen-bond donors (Lipinski definition) is 1. The number of amides is 1. The van der Waals surface area contributed by atoms with Crippen LogP contribution in [-0.4, -0.2) is 47.9 Å². The van der Waals surface area contributed by atoms with Gasteiger partial charge in [-0.25, -0.2) is 4.79 Å². The van der Waals surface area contributed by atoms with Crippen LogP contribution in [0.1, 0.15) is 22.9 Å². The number of benzene rings is 2. The molecule has 29 heavy (non-hydrogen) atoms. The Morgan fingerprint density at radius 1 is 1.17 bits per heavy atom. The maximum absolute atomic E-state index is 12.9. The number of carbonyl (C=O) groups is 2. The Balaban J connectivity index is 1.98. The highest BCUT2D eigenvalue weighted by atomic mass is 35.5. The summed E-state index contributed by atoms with van der Waals surface area (Å²) < 4.78 is 10.4. The van der Waals surface area contributed by atoms with Crippen molar-refractivity contribution >= 4 is 34.4 Å². The highest BCUT2D eigenvalue weighted by Crippen LogP contribution is 2.41. The third-order valence-corrected chi connectivity index (χ3v) is 5.65. The number of aromatic nitrogens is 1. The topological polar surface area (TPSA) is 71.6 Å². The monoisotopic (exact) mass is 412 g/mol. The van der Waals surface area contributed by atoms with Crippen LogP contribution in [0.5, 0.6) is 5.75 Å². The number of para-hydroxylation sites is 1. The van der Waals surface area contributed by atoms with Crippen LogP contribution in [0, 0.1) is 0 Å². The molecule has 0 aliphatic carbocycles. The number of H-pyrrole nitrogens is 1. The van der Waals surface area contributed by atoms with E-state index in [2.05, 4.69) is 4.98 Å². The van der Waals surface area contributed by atoms with Gasteiger partial charge in [0, 0.05) is 23.0 Å². The fraction of sp³-hybridized carbons (Fsp3) is 0.273. The second-order valence-electron chi connectivity index (χ2n) is 6.92. The van der Waals surface area contributed by atoms with Crippen molar-refractivity contribution in [3.8, 4) is 5.75 Å². The zero-order chi connectivity index (χ0) is 20.5. The standard InChI is InChI=1S/C22H21ClN2O4/c1-28-14-7-5-6-13(10-14)21-20-16(15-8-3-4-9-17(15)24-20)11-18(22(27)29-2)25(21)19(26)12-23/h3-10,18,21,24H,11-12H2,1-2H3/t18-,21-/m0/s1. The second-order valence-corrected chi connectivity index (χ2v) is 7.19. The van der Waals surface area contributed by atoms with Crippen molar-refractivity contribution in [3.05, 3.63) is 65.4 Å². The summed E-state index contributed by atoms with van der Waals surface area (Å²) in [6.07, 6.45) is 0.356. The van der Waals surface area contributed by atoms with Crippen molar-refractivity contribution in [3.63, 3.8) is 0 Å². The van der Waals surface area contributed by atoms with Crippen molar-refractivity contribution in [2.45, 2.75) is 18.5 Å². The van der Waals surface area contributed by atoms with Crippen LogP contribution < -0.4 is 4.74 Å². The number of hydrogen-bond acceptors (Lipinski definition) is 4. The highest BCUT2D eigenvalue weighted by Gasteiger charge is 2.43. The predicted molar refractivity (Wildman–Crippen MR) is 110 cm³/mol. The summed E-state index contributed by atoms with van der Waals surface area (Å²) >= 11 is 5.94. The molecule has 0 unspecified atom stereocenters. The van der Waals surface area contributed by atoms with E-state index in [1.54, 1.807) is 7.11 Å². The number of rotatable bonds is 4. The Kier molecular flexibility index (Phi) is 5.20. The fourth-order valence-corrected chi connectivity index (χ4v) is 4.28. The maximum Gasteiger partial charge on any atom is 0.328 e. The van der Waals surface area contributed by atoms with Gasteiger partial charge in [-0.1, -0.05) is 30.3 Å². The fourth-order valence-electron chi connectivity index (χ4n) is 4.14. The van der Waals surface area contributed by atoms with Crippen molar-refractivity contribution in [2.24, 2.45) is 0 Å². The molecule has 0 radical (unpaired) electrons. The third-order valence-electron chi connectivity index (χ3n) is 5.42. The van der Waals surface area contributed by atoms with Gasteiger partial charge in [0.15, 0.2) is 0 Å². The molecule has 2 aromatic carbocycles. The molecule has 2 atom stereocenters. The minimum Gasteiger partial charge on any atom is -0.497 e. The van der Waals surface area contributed by atoms with Gasteiger partial charge in [-0.05, 0) is 29.3 Å².